The number of likely N-dealkylation sites (N-methyl/N-ethyl adjacent to an activating group) is 1. The van der Waals surface area contributed by atoms with Crippen molar-refractivity contribution < 1.29 is 14.3 Å². The number of piperazine rings is 1. The number of carbonyl (C=O) groups excluding carboxylic acids is 1. The number of amides is 1. The van der Waals surface area contributed by atoms with E-state index in [1.807, 2.05) is 7.05 Å². The van der Waals surface area contributed by atoms with Gasteiger partial charge in [-0.3, -0.25) is 4.79 Å². The first-order chi connectivity index (χ1) is 10.4. The van der Waals surface area contributed by atoms with Crippen LogP contribution in [0.1, 0.15) is 21.9 Å². The number of H-pyrrole nitrogens is 1. The molecule has 22 heavy (non-hydrogen) atoms. The Morgan fingerprint density at radius 1 is 1.32 bits per heavy atom. The standard InChI is InChI=1S/C12H17N7O3/c1-8-10(12(20)16-6-4-15(3)5-7-16)17-14-9(2)11(19(21)22)18(17)13-8/h4-7H2,1-3H3/p+1. The van der Waals surface area contributed by atoms with Crippen LogP contribution in [0.3, 0.4) is 0 Å². The van der Waals surface area contributed by atoms with Crippen molar-refractivity contribution in [2.45, 2.75) is 13.8 Å². The number of aryl methyl sites for hydroxylation is 2. The van der Waals surface area contributed by atoms with Crippen LogP contribution in [0.4, 0.5) is 5.82 Å². The fourth-order valence-electron chi connectivity index (χ4n) is 2.70. The van der Waals surface area contributed by atoms with Crippen LogP contribution in [-0.2, 0) is 0 Å². The van der Waals surface area contributed by atoms with E-state index in [1.54, 1.807) is 18.7 Å². The lowest BCUT2D eigenvalue weighted by molar-refractivity contribution is -0.682. The molecule has 0 aliphatic carbocycles. The Kier molecular flexibility index (Phi) is 3.32. The Balaban J connectivity index is 2.03. The van der Waals surface area contributed by atoms with Gasteiger partial charge in [0.15, 0.2) is 10.3 Å². The summed E-state index contributed by atoms with van der Waals surface area (Å²) in [5.74, 6) is -0.331. The fourth-order valence-corrected chi connectivity index (χ4v) is 2.70. The van der Waals surface area contributed by atoms with Crippen molar-refractivity contribution in [3.05, 3.63) is 27.2 Å². The zero-order valence-electron chi connectivity index (χ0n) is 12.7. The lowest BCUT2D eigenvalue weighted by atomic mass is 10.2. The molecule has 10 nitrogen and oxygen atoms in total. The highest BCUT2D eigenvalue weighted by atomic mass is 16.6. The van der Waals surface area contributed by atoms with E-state index in [-0.39, 0.29) is 11.7 Å². The highest BCUT2D eigenvalue weighted by Crippen LogP contribution is 2.14. The predicted octanol–water partition coefficient (Wildman–Crippen LogP) is -0.839. The Labute approximate surface area is 126 Å². The Morgan fingerprint density at radius 2 is 1.95 bits per heavy atom. The smallest absolute Gasteiger partial charge is 0.358 e. The molecule has 3 heterocycles. The van der Waals surface area contributed by atoms with E-state index < -0.39 is 4.92 Å². The van der Waals surface area contributed by atoms with Gasteiger partial charge in [0, 0.05) is 37.7 Å². The topological polar surface area (TPSA) is 104 Å². The van der Waals surface area contributed by atoms with Crippen molar-refractivity contribution in [2.75, 3.05) is 33.2 Å². The number of rotatable bonds is 2. The minimum absolute atomic E-state index is 0.165. The van der Waals surface area contributed by atoms with E-state index in [0.29, 0.717) is 30.2 Å². The first kappa shape index (κ1) is 14.4. The van der Waals surface area contributed by atoms with Gasteiger partial charge in [-0.15, -0.1) is 0 Å². The molecule has 1 saturated heterocycles. The molecule has 1 aliphatic heterocycles. The normalized spacial score (nSPS) is 16.4. The number of carbonyl (C=O) groups is 1. The number of hydrogen-bond donors (Lipinski definition) is 1. The van der Waals surface area contributed by atoms with E-state index in [9.17, 15) is 14.9 Å². The highest BCUT2D eigenvalue weighted by Gasteiger charge is 2.39. The lowest BCUT2D eigenvalue weighted by Crippen LogP contribution is -2.50. The average Bonchev–Trinajstić information content (AvgIpc) is 2.91. The number of aromatic amines is 1. The molecular weight excluding hydrogens is 290 g/mol. The third-order valence-corrected chi connectivity index (χ3v) is 3.95. The summed E-state index contributed by atoms with van der Waals surface area (Å²) < 4.78 is 2.48. The molecule has 118 valence electrons. The van der Waals surface area contributed by atoms with E-state index in [1.165, 1.54) is 4.63 Å². The number of aromatic nitrogens is 4. The summed E-state index contributed by atoms with van der Waals surface area (Å²) in [5, 5.41) is 18.1. The second-order valence-corrected chi connectivity index (χ2v) is 5.55. The van der Waals surface area contributed by atoms with Crippen LogP contribution in [-0.4, -0.2) is 68.7 Å². The van der Waals surface area contributed by atoms with Gasteiger partial charge in [0.25, 0.3) is 5.69 Å². The highest BCUT2D eigenvalue weighted by molar-refractivity contribution is 5.91. The van der Waals surface area contributed by atoms with Crippen LogP contribution in [0.5, 0.6) is 0 Å². The van der Waals surface area contributed by atoms with Gasteiger partial charge in [0.1, 0.15) is 5.10 Å². The number of fused-ring (bicyclic) bond motifs is 1. The van der Waals surface area contributed by atoms with Crippen LogP contribution < -0.4 is 4.63 Å². The maximum absolute atomic E-state index is 12.7. The Hall–Kier alpha value is -2.49. The van der Waals surface area contributed by atoms with Gasteiger partial charge >= 0.3 is 17.4 Å². The molecule has 1 fully saturated rings. The molecular formula is C12H18N7O3+. The van der Waals surface area contributed by atoms with Crippen molar-refractivity contribution in [1.29, 1.82) is 0 Å². The largest absolute Gasteiger partial charge is 0.436 e. The zero-order chi connectivity index (χ0) is 16.0. The van der Waals surface area contributed by atoms with Crippen LogP contribution in [0.25, 0.3) is 0 Å². The molecule has 0 bridgehead atoms. The SMILES string of the molecule is Cc1nn2c([N+](=O)[O-])c(C)[nH][n+]2c1C(=O)N1CCN(C)CC1. The molecule has 2 aromatic heterocycles. The maximum atomic E-state index is 12.7. The van der Waals surface area contributed by atoms with Crippen molar-refractivity contribution in [1.82, 2.24) is 24.6 Å². The molecule has 10 heteroatoms. The predicted molar refractivity (Wildman–Crippen MR) is 74.7 cm³/mol. The van der Waals surface area contributed by atoms with Gasteiger partial charge in [0.05, 0.1) is 0 Å². The average molecular weight is 308 g/mol. The van der Waals surface area contributed by atoms with Crippen LogP contribution in [0, 0.1) is 24.0 Å². The van der Waals surface area contributed by atoms with Gasteiger partial charge in [-0.05, 0) is 18.9 Å². The molecule has 0 saturated carbocycles. The van der Waals surface area contributed by atoms with Crippen molar-refractivity contribution in [3.63, 3.8) is 0 Å². The van der Waals surface area contributed by atoms with Gasteiger partial charge in [-0.2, -0.15) is 5.10 Å². The van der Waals surface area contributed by atoms with Crippen molar-refractivity contribution in [2.24, 2.45) is 0 Å². The zero-order valence-corrected chi connectivity index (χ0v) is 12.7. The van der Waals surface area contributed by atoms with Gasteiger partial charge < -0.3 is 19.9 Å². The van der Waals surface area contributed by atoms with E-state index in [0.717, 1.165) is 17.7 Å². The quantitative estimate of drug-likeness (QED) is 0.442. The van der Waals surface area contributed by atoms with Crippen molar-refractivity contribution >= 4 is 11.7 Å². The molecule has 2 aromatic rings. The summed E-state index contributed by atoms with van der Waals surface area (Å²) in [5.41, 5.74) is 1.15. The third-order valence-electron chi connectivity index (χ3n) is 3.95. The Morgan fingerprint density at radius 3 is 2.55 bits per heavy atom. The third kappa shape index (κ3) is 2.11. The van der Waals surface area contributed by atoms with E-state index in [4.69, 9.17) is 0 Å². The summed E-state index contributed by atoms with van der Waals surface area (Å²) in [4.78, 5) is 27.3. The van der Waals surface area contributed by atoms with E-state index >= 15 is 0 Å². The van der Waals surface area contributed by atoms with Crippen molar-refractivity contribution in [3.8, 4) is 0 Å². The molecule has 3 rings (SSSR count). The maximum Gasteiger partial charge on any atom is 0.436 e. The summed E-state index contributed by atoms with van der Waals surface area (Å²) in [6.07, 6.45) is 0. The fraction of sp³-hybridized carbons (Fsp3) is 0.583. The molecule has 1 aliphatic rings. The van der Waals surface area contributed by atoms with Crippen LogP contribution in [0.15, 0.2) is 0 Å². The molecule has 0 radical (unpaired) electrons. The first-order valence-electron chi connectivity index (χ1n) is 7.02. The lowest BCUT2D eigenvalue weighted by Gasteiger charge is -2.31. The number of nitrogens with one attached hydrogen (secondary N) is 1. The summed E-state index contributed by atoms with van der Waals surface area (Å²) in [6, 6.07) is 0. The van der Waals surface area contributed by atoms with Gasteiger partial charge in [-0.25, -0.2) is 0 Å². The second kappa shape index (κ2) is 5.05. The Bertz CT molecular complexity index is 754. The molecule has 0 atom stereocenters. The second-order valence-electron chi connectivity index (χ2n) is 5.55. The minimum atomic E-state index is -0.512. The van der Waals surface area contributed by atoms with E-state index in [2.05, 4.69) is 15.1 Å². The first-order valence-corrected chi connectivity index (χ1v) is 7.02. The molecule has 1 N–H and O–H groups in total. The number of hydrogen-bond acceptors (Lipinski definition) is 5. The number of nitro groups is 1. The molecule has 0 spiro atoms. The summed E-state index contributed by atoms with van der Waals surface area (Å²) in [6.45, 7) is 6.14. The molecule has 0 unspecified atom stereocenters. The van der Waals surface area contributed by atoms with Crippen LogP contribution in [0.2, 0.25) is 0 Å². The van der Waals surface area contributed by atoms with Gasteiger partial charge in [0.2, 0.25) is 0 Å². The monoisotopic (exact) mass is 308 g/mol. The van der Waals surface area contributed by atoms with Gasteiger partial charge in [-0.1, -0.05) is 0 Å². The minimum Gasteiger partial charge on any atom is -0.358 e. The van der Waals surface area contributed by atoms with Crippen LogP contribution >= 0.6 is 0 Å². The summed E-state index contributed by atoms with van der Waals surface area (Å²) in [7, 11) is 2.01. The molecule has 1 amide bonds. The summed E-state index contributed by atoms with van der Waals surface area (Å²) >= 11 is 0. The number of nitrogens with zero attached hydrogens (tertiary/aromatic N) is 6. The molecule has 0 aromatic carbocycles.